The van der Waals surface area contributed by atoms with Crippen molar-refractivity contribution in [2.24, 2.45) is 5.92 Å². The molecule has 0 bridgehead atoms. The summed E-state index contributed by atoms with van der Waals surface area (Å²) in [5.74, 6) is 0.00588. The van der Waals surface area contributed by atoms with Crippen LogP contribution in [0, 0.1) is 12.8 Å². The molecule has 1 amide bonds. The van der Waals surface area contributed by atoms with Crippen molar-refractivity contribution in [3.63, 3.8) is 0 Å². The number of nitrogens with zero attached hydrogens (tertiary/aromatic N) is 4. The van der Waals surface area contributed by atoms with Crippen LogP contribution in [0.25, 0.3) is 0 Å². The van der Waals surface area contributed by atoms with Crippen LogP contribution in [-0.2, 0) is 9.53 Å². The monoisotopic (exact) mass is 417 g/mol. The first-order valence-corrected chi connectivity index (χ1v) is 9.68. The van der Waals surface area contributed by atoms with Crippen molar-refractivity contribution in [1.82, 2.24) is 25.5 Å². The van der Waals surface area contributed by atoms with E-state index in [1.165, 1.54) is 0 Å². The number of aliphatic carboxylic acids is 1. The van der Waals surface area contributed by atoms with E-state index in [1.54, 1.807) is 44.0 Å². The van der Waals surface area contributed by atoms with Crippen molar-refractivity contribution in [2.75, 3.05) is 23.3 Å². The Kier molecular flexibility index (Phi) is 6.09. The molecule has 2 aromatic rings. The molecule has 1 saturated heterocycles. The smallest absolute Gasteiger partial charge is 0.407 e. The highest BCUT2D eigenvalue weighted by Gasteiger charge is 2.34. The number of amides is 1. The highest BCUT2D eigenvalue weighted by atomic mass is 16.6. The Bertz CT molecular complexity index is 895. The van der Waals surface area contributed by atoms with Gasteiger partial charge in [0.1, 0.15) is 17.2 Å². The Balaban J connectivity index is 1.78. The second-order valence-electron chi connectivity index (χ2n) is 8.31. The Morgan fingerprint density at radius 2 is 2.07 bits per heavy atom. The predicted molar refractivity (Wildman–Crippen MR) is 110 cm³/mol. The molecule has 1 fully saturated rings. The second-order valence-corrected chi connectivity index (χ2v) is 8.31. The molecule has 162 valence electrons. The van der Waals surface area contributed by atoms with Gasteiger partial charge in [-0.2, -0.15) is 10.1 Å². The zero-order chi connectivity index (χ0) is 21.9. The summed E-state index contributed by atoms with van der Waals surface area (Å²) in [6.07, 6.45) is 1.34. The highest BCUT2D eigenvalue weighted by Crippen LogP contribution is 2.24. The van der Waals surface area contributed by atoms with Gasteiger partial charge in [-0.25, -0.2) is 9.78 Å². The number of ether oxygens (including phenoxy) is 1. The first kappa shape index (κ1) is 21.3. The van der Waals surface area contributed by atoms with Gasteiger partial charge in [0.05, 0.1) is 18.2 Å². The molecule has 1 aliphatic rings. The third kappa shape index (κ3) is 5.82. The molecule has 3 rings (SSSR count). The number of hydrogen-bond acceptors (Lipinski definition) is 8. The van der Waals surface area contributed by atoms with Crippen molar-refractivity contribution in [2.45, 2.75) is 45.8 Å². The molecule has 2 atom stereocenters. The van der Waals surface area contributed by atoms with Crippen LogP contribution in [0.4, 0.5) is 22.4 Å². The van der Waals surface area contributed by atoms with E-state index < -0.39 is 29.6 Å². The van der Waals surface area contributed by atoms with E-state index in [4.69, 9.17) is 4.74 Å². The third-order valence-electron chi connectivity index (χ3n) is 4.41. The lowest BCUT2D eigenvalue weighted by molar-refractivity contribution is -0.142. The van der Waals surface area contributed by atoms with Crippen LogP contribution in [0.5, 0.6) is 0 Å². The Labute approximate surface area is 174 Å². The molecule has 1 aliphatic heterocycles. The minimum absolute atomic E-state index is 0.245. The van der Waals surface area contributed by atoms with E-state index in [0.29, 0.717) is 30.5 Å². The van der Waals surface area contributed by atoms with Crippen molar-refractivity contribution >= 4 is 29.6 Å². The molecule has 11 heteroatoms. The number of carboxylic acids is 1. The molecule has 0 unspecified atom stereocenters. The van der Waals surface area contributed by atoms with Gasteiger partial charge in [-0.3, -0.25) is 9.89 Å². The van der Waals surface area contributed by atoms with E-state index >= 15 is 0 Å². The van der Waals surface area contributed by atoms with E-state index in [-0.39, 0.29) is 6.54 Å². The largest absolute Gasteiger partial charge is 0.481 e. The van der Waals surface area contributed by atoms with Crippen molar-refractivity contribution in [3.8, 4) is 0 Å². The van der Waals surface area contributed by atoms with Crippen LogP contribution in [-0.4, -0.2) is 62.1 Å². The number of hydrogen-bond donors (Lipinski definition) is 4. The molecule has 0 saturated carbocycles. The van der Waals surface area contributed by atoms with E-state index in [0.717, 1.165) is 5.69 Å². The van der Waals surface area contributed by atoms with Gasteiger partial charge in [0, 0.05) is 30.9 Å². The van der Waals surface area contributed by atoms with Crippen LogP contribution in [0.3, 0.4) is 0 Å². The van der Waals surface area contributed by atoms with Gasteiger partial charge in [0.25, 0.3) is 0 Å². The summed E-state index contributed by atoms with van der Waals surface area (Å²) in [7, 11) is 0. The number of rotatable bonds is 5. The summed E-state index contributed by atoms with van der Waals surface area (Å²) < 4.78 is 5.31. The van der Waals surface area contributed by atoms with Crippen LogP contribution >= 0.6 is 0 Å². The summed E-state index contributed by atoms with van der Waals surface area (Å²) in [5, 5.41) is 22.2. The molecule has 4 N–H and O–H groups in total. The summed E-state index contributed by atoms with van der Waals surface area (Å²) in [5.41, 5.74) is 0.0773. The number of piperidine rings is 1. The predicted octanol–water partition coefficient (Wildman–Crippen LogP) is 2.06. The number of anilines is 3. The SMILES string of the molecule is Cc1cc(Nc2ccn[nH]2)nc(N2C[C@@H](NC(=O)OC(C)(C)C)C[C@H](C(=O)O)C2)n1. The van der Waals surface area contributed by atoms with Gasteiger partial charge in [-0.05, 0) is 34.1 Å². The first-order chi connectivity index (χ1) is 14.1. The fraction of sp³-hybridized carbons (Fsp3) is 0.526. The fourth-order valence-corrected chi connectivity index (χ4v) is 3.24. The van der Waals surface area contributed by atoms with Gasteiger partial charge >= 0.3 is 12.1 Å². The zero-order valence-electron chi connectivity index (χ0n) is 17.5. The summed E-state index contributed by atoms with van der Waals surface area (Å²) >= 11 is 0. The van der Waals surface area contributed by atoms with Gasteiger partial charge in [0.2, 0.25) is 5.95 Å². The van der Waals surface area contributed by atoms with Crippen LogP contribution in [0.1, 0.15) is 32.9 Å². The van der Waals surface area contributed by atoms with E-state index in [2.05, 4.69) is 30.8 Å². The number of H-pyrrole nitrogens is 1. The number of carbonyl (C=O) groups excluding carboxylic acids is 1. The second kappa shape index (κ2) is 8.56. The number of aromatic amines is 1. The van der Waals surface area contributed by atoms with Crippen LogP contribution < -0.4 is 15.5 Å². The Morgan fingerprint density at radius 3 is 2.70 bits per heavy atom. The van der Waals surface area contributed by atoms with Gasteiger partial charge in [0.15, 0.2) is 0 Å². The average molecular weight is 417 g/mol. The van der Waals surface area contributed by atoms with Crippen molar-refractivity contribution < 1.29 is 19.4 Å². The Hall–Kier alpha value is -3.37. The van der Waals surface area contributed by atoms with Gasteiger partial charge in [-0.1, -0.05) is 0 Å². The molecular weight excluding hydrogens is 390 g/mol. The maximum Gasteiger partial charge on any atom is 0.407 e. The fourth-order valence-electron chi connectivity index (χ4n) is 3.24. The zero-order valence-corrected chi connectivity index (χ0v) is 17.5. The maximum atomic E-state index is 12.2. The molecule has 11 nitrogen and oxygen atoms in total. The lowest BCUT2D eigenvalue weighted by Crippen LogP contribution is -2.53. The van der Waals surface area contributed by atoms with E-state index in [1.807, 2.05) is 6.92 Å². The minimum atomic E-state index is -0.931. The maximum absolute atomic E-state index is 12.2. The highest BCUT2D eigenvalue weighted by molar-refractivity contribution is 5.72. The quantitative estimate of drug-likeness (QED) is 0.574. The number of aryl methyl sites for hydroxylation is 1. The average Bonchev–Trinajstić information content (AvgIpc) is 3.12. The number of carboxylic acid groups (broad SMARTS) is 1. The topological polar surface area (TPSA) is 145 Å². The minimum Gasteiger partial charge on any atom is -0.481 e. The Morgan fingerprint density at radius 1 is 1.30 bits per heavy atom. The number of aromatic nitrogens is 4. The molecule has 0 radical (unpaired) electrons. The van der Waals surface area contributed by atoms with Crippen molar-refractivity contribution in [3.05, 3.63) is 24.0 Å². The molecule has 0 aliphatic carbocycles. The molecule has 3 heterocycles. The summed E-state index contributed by atoms with van der Waals surface area (Å²) in [6.45, 7) is 7.76. The number of nitrogens with one attached hydrogen (secondary N) is 3. The van der Waals surface area contributed by atoms with Crippen LogP contribution in [0.2, 0.25) is 0 Å². The number of carbonyl (C=O) groups is 2. The molecule has 2 aromatic heterocycles. The standard InChI is InChI=1S/C19H27N7O4/c1-11-7-15(23-14-5-6-20-25-14)24-17(21-11)26-9-12(16(27)28)8-13(10-26)22-18(29)30-19(2,3)4/h5-7,12-13H,8-10H2,1-4H3,(H,22,29)(H,27,28)(H2,20,21,23,24,25)/t12-,13-/m0/s1. The van der Waals surface area contributed by atoms with Gasteiger partial charge < -0.3 is 25.4 Å². The summed E-state index contributed by atoms with van der Waals surface area (Å²) in [4.78, 5) is 34.6. The molecule has 30 heavy (non-hydrogen) atoms. The van der Waals surface area contributed by atoms with Crippen molar-refractivity contribution in [1.29, 1.82) is 0 Å². The summed E-state index contributed by atoms with van der Waals surface area (Å²) in [6, 6.07) is 3.13. The molecule has 0 aromatic carbocycles. The number of alkyl carbamates (subject to hydrolysis) is 1. The third-order valence-corrected chi connectivity index (χ3v) is 4.41. The van der Waals surface area contributed by atoms with E-state index in [9.17, 15) is 14.7 Å². The van der Waals surface area contributed by atoms with Gasteiger partial charge in [-0.15, -0.1) is 0 Å². The lowest BCUT2D eigenvalue weighted by Gasteiger charge is -2.36. The lowest BCUT2D eigenvalue weighted by atomic mass is 9.94. The molecular formula is C19H27N7O4. The molecule has 0 spiro atoms. The first-order valence-electron chi connectivity index (χ1n) is 9.68. The normalized spacial score (nSPS) is 19.3. The van der Waals surface area contributed by atoms with Crippen LogP contribution in [0.15, 0.2) is 18.3 Å².